The first-order chi connectivity index (χ1) is 21.6. The molecule has 1 atom stereocenters. The van der Waals surface area contributed by atoms with E-state index in [9.17, 15) is 31.5 Å². The molecule has 1 aliphatic carbocycles. The molecule has 0 radical (unpaired) electrons. The van der Waals surface area contributed by atoms with E-state index in [0.29, 0.717) is 43.9 Å². The van der Waals surface area contributed by atoms with Gasteiger partial charge < -0.3 is 33.9 Å². The van der Waals surface area contributed by atoms with E-state index in [1.807, 2.05) is 13.8 Å². The van der Waals surface area contributed by atoms with Crippen LogP contribution < -0.4 is 14.4 Å². The summed E-state index contributed by atoms with van der Waals surface area (Å²) in [5.41, 5.74) is -1.25. The molecule has 46 heavy (non-hydrogen) atoms. The Hall–Kier alpha value is -3.79. The van der Waals surface area contributed by atoms with Gasteiger partial charge in [-0.25, -0.2) is 23.5 Å². The highest BCUT2D eigenvalue weighted by Crippen LogP contribution is 2.39. The lowest BCUT2D eigenvalue weighted by molar-refractivity contribution is -0.139. The summed E-state index contributed by atoms with van der Waals surface area (Å²) in [6.07, 6.45) is -1.21. The van der Waals surface area contributed by atoms with Crippen LogP contribution in [0.15, 0.2) is 24.3 Å². The fourth-order valence-electron chi connectivity index (χ4n) is 5.01. The Kier molecular flexibility index (Phi) is 9.59. The van der Waals surface area contributed by atoms with Crippen LogP contribution in [-0.2, 0) is 15.7 Å². The number of carbonyl (C=O) groups is 2. The second-order valence-corrected chi connectivity index (χ2v) is 12.3. The number of alkyl halides is 5. The van der Waals surface area contributed by atoms with Crippen LogP contribution >= 0.6 is 0 Å². The summed E-state index contributed by atoms with van der Waals surface area (Å²) >= 11 is 0. The van der Waals surface area contributed by atoms with Crippen LogP contribution in [0, 0.1) is 5.92 Å². The summed E-state index contributed by atoms with van der Waals surface area (Å²) < 4.78 is 86.3. The number of halogens is 5. The summed E-state index contributed by atoms with van der Waals surface area (Å²) in [6, 6.07) is 4.68. The average Bonchev–Trinajstić information content (AvgIpc) is 3.52. The van der Waals surface area contributed by atoms with Crippen LogP contribution in [0.1, 0.15) is 66.1 Å². The largest absolute Gasteiger partial charge is 0.477 e. The number of aromatic nitrogens is 2. The summed E-state index contributed by atoms with van der Waals surface area (Å²) in [5.74, 6) is -4.32. The Morgan fingerprint density at radius 2 is 1.67 bits per heavy atom. The molecule has 252 valence electrons. The molecule has 11 nitrogen and oxygen atoms in total. The number of carbonyl (C=O) groups excluding carboxylic acids is 1. The van der Waals surface area contributed by atoms with Crippen molar-refractivity contribution >= 4 is 17.6 Å². The van der Waals surface area contributed by atoms with E-state index >= 15 is 0 Å². The van der Waals surface area contributed by atoms with Gasteiger partial charge in [-0.1, -0.05) is 0 Å². The molecule has 0 spiro atoms. The molecule has 5 heterocycles. The number of rotatable bonds is 9. The molecule has 1 unspecified atom stereocenters. The van der Waals surface area contributed by atoms with Crippen molar-refractivity contribution in [2.75, 3.05) is 51.1 Å². The summed E-state index contributed by atoms with van der Waals surface area (Å²) in [4.78, 5) is 34.5. The van der Waals surface area contributed by atoms with Crippen LogP contribution in [-0.4, -0.2) is 95.7 Å². The van der Waals surface area contributed by atoms with Crippen molar-refractivity contribution in [1.29, 1.82) is 0 Å². The first-order valence-corrected chi connectivity index (χ1v) is 14.9. The number of ether oxygens (including phenoxy) is 4. The SMILES string of the molecule is CC1(C)COCN1C(=O)c1ccc(N2CC(F)(F)C2)c(OCC2CC2)n1.O=C(O)c1ccc(C(F)(F)F)c(OCC2CCCO2)n1. The van der Waals surface area contributed by atoms with Crippen LogP contribution in [0.4, 0.5) is 27.6 Å². The predicted molar refractivity (Wildman–Crippen MR) is 151 cm³/mol. The number of hydrogen-bond acceptors (Lipinski definition) is 9. The minimum atomic E-state index is -4.66. The topological polar surface area (TPSA) is 124 Å². The number of aromatic carboxylic acids is 1. The van der Waals surface area contributed by atoms with Crippen molar-refractivity contribution < 1.29 is 55.6 Å². The van der Waals surface area contributed by atoms with E-state index < -0.39 is 40.7 Å². The summed E-state index contributed by atoms with van der Waals surface area (Å²) in [6.45, 7) is 4.79. The summed E-state index contributed by atoms with van der Waals surface area (Å²) in [5, 5.41) is 8.76. The van der Waals surface area contributed by atoms with Gasteiger partial charge in [-0.05, 0) is 69.7 Å². The molecule has 4 fully saturated rings. The monoisotopic (exact) mass is 658 g/mol. The fourth-order valence-corrected chi connectivity index (χ4v) is 5.01. The molecule has 16 heteroatoms. The van der Waals surface area contributed by atoms with Gasteiger partial charge in [0.25, 0.3) is 11.8 Å². The maximum absolute atomic E-state index is 13.2. The van der Waals surface area contributed by atoms with Gasteiger partial charge in [0.05, 0.1) is 37.9 Å². The van der Waals surface area contributed by atoms with Gasteiger partial charge in [-0.15, -0.1) is 0 Å². The molecule has 0 aromatic carbocycles. The number of pyridine rings is 2. The highest BCUT2D eigenvalue weighted by molar-refractivity contribution is 5.93. The van der Waals surface area contributed by atoms with Crippen molar-refractivity contribution in [3.05, 3.63) is 41.2 Å². The Bertz CT molecular complexity index is 1420. The Labute approximate surface area is 261 Å². The molecule has 2 aromatic heterocycles. The number of amides is 1. The minimum absolute atomic E-state index is 0.0842. The van der Waals surface area contributed by atoms with Crippen LogP contribution in [0.25, 0.3) is 0 Å². The second kappa shape index (κ2) is 13.1. The van der Waals surface area contributed by atoms with Gasteiger partial charge in [0.15, 0.2) is 5.69 Å². The third kappa shape index (κ3) is 8.13. The maximum Gasteiger partial charge on any atom is 0.421 e. The molecule has 1 amide bonds. The van der Waals surface area contributed by atoms with Gasteiger partial charge in [-0.3, -0.25) is 4.79 Å². The lowest BCUT2D eigenvalue weighted by atomic mass is 10.1. The van der Waals surface area contributed by atoms with Gasteiger partial charge in [0, 0.05) is 6.61 Å². The van der Waals surface area contributed by atoms with E-state index in [4.69, 9.17) is 24.1 Å². The van der Waals surface area contributed by atoms with Crippen LogP contribution in [0.5, 0.6) is 11.8 Å². The van der Waals surface area contributed by atoms with Gasteiger partial charge in [0.2, 0.25) is 11.8 Å². The van der Waals surface area contributed by atoms with E-state index in [1.165, 1.54) is 4.90 Å². The second-order valence-electron chi connectivity index (χ2n) is 12.3. The Morgan fingerprint density at radius 1 is 1.00 bits per heavy atom. The minimum Gasteiger partial charge on any atom is -0.477 e. The zero-order valence-corrected chi connectivity index (χ0v) is 25.3. The highest BCUT2D eigenvalue weighted by atomic mass is 19.4. The predicted octanol–water partition coefficient (Wildman–Crippen LogP) is 4.89. The molecule has 3 aliphatic heterocycles. The molecule has 6 rings (SSSR count). The van der Waals surface area contributed by atoms with Gasteiger partial charge in [0.1, 0.15) is 30.3 Å². The lowest BCUT2D eigenvalue weighted by Gasteiger charge is -2.40. The van der Waals surface area contributed by atoms with Crippen molar-refractivity contribution in [1.82, 2.24) is 14.9 Å². The molecule has 2 aromatic rings. The third-order valence-electron chi connectivity index (χ3n) is 7.86. The van der Waals surface area contributed by atoms with E-state index in [-0.39, 0.29) is 50.0 Å². The lowest BCUT2D eigenvalue weighted by Crippen LogP contribution is -2.56. The van der Waals surface area contributed by atoms with Crippen molar-refractivity contribution in [3.8, 4) is 11.8 Å². The standard InChI is InChI=1S/C18H23F2N3O3.C12H12F3NO4/c1-17(2)10-25-11-23(17)16(24)13-5-6-14(22-8-18(19,20)9-22)15(21-13)26-7-12-3-4-12;13-12(14,15)8-3-4-9(11(17)18)16-10(8)20-6-7-2-1-5-19-7/h5-6,12H,3-4,7-11H2,1-2H3;3-4,7H,1-2,5-6H2,(H,17,18). The zero-order valence-electron chi connectivity index (χ0n) is 25.3. The zero-order chi connectivity index (χ0) is 33.3. The smallest absolute Gasteiger partial charge is 0.421 e. The average molecular weight is 659 g/mol. The summed E-state index contributed by atoms with van der Waals surface area (Å²) in [7, 11) is 0. The number of carboxylic acid groups (broad SMARTS) is 1. The molecular weight excluding hydrogens is 623 g/mol. The Morgan fingerprint density at radius 3 is 2.24 bits per heavy atom. The van der Waals surface area contributed by atoms with Crippen LogP contribution in [0.3, 0.4) is 0 Å². The Balaban J connectivity index is 0.000000188. The molecule has 4 aliphatic rings. The third-order valence-corrected chi connectivity index (χ3v) is 7.86. The van der Waals surface area contributed by atoms with Gasteiger partial charge >= 0.3 is 12.1 Å². The van der Waals surface area contributed by atoms with E-state index in [2.05, 4.69) is 9.97 Å². The van der Waals surface area contributed by atoms with Crippen LogP contribution in [0.2, 0.25) is 0 Å². The van der Waals surface area contributed by atoms with E-state index in [0.717, 1.165) is 25.3 Å². The molecule has 0 bridgehead atoms. The maximum atomic E-state index is 13.2. The van der Waals surface area contributed by atoms with Crippen molar-refractivity contribution in [3.63, 3.8) is 0 Å². The highest BCUT2D eigenvalue weighted by Gasteiger charge is 2.45. The van der Waals surface area contributed by atoms with E-state index in [1.54, 1.807) is 17.0 Å². The molecule has 3 saturated heterocycles. The molecule has 1 N–H and O–H groups in total. The molecular formula is C30H35F5N4O7. The first-order valence-electron chi connectivity index (χ1n) is 14.9. The fraction of sp³-hybridized carbons (Fsp3) is 0.600. The number of nitrogens with zero attached hydrogens (tertiary/aromatic N) is 4. The van der Waals surface area contributed by atoms with Crippen molar-refractivity contribution in [2.24, 2.45) is 5.92 Å². The number of hydrogen-bond donors (Lipinski definition) is 1. The number of carboxylic acids is 1. The molecule has 1 saturated carbocycles. The van der Waals surface area contributed by atoms with Crippen molar-refractivity contribution in [2.45, 2.75) is 63.3 Å². The first kappa shape index (κ1) is 33.6. The van der Waals surface area contributed by atoms with Gasteiger partial charge in [-0.2, -0.15) is 13.2 Å². The normalized spacial score (nSPS) is 21.7. The number of anilines is 1. The quantitative estimate of drug-likeness (QED) is 0.373.